The summed E-state index contributed by atoms with van der Waals surface area (Å²) in [7, 11) is 0. The quantitative estimate of drug-likeness (QED) is 0.721. The van der Waals surface area contributed by atoms with Crippen molar-refractivity contribution in [2.75, 3.05) is 19.6 Å². The Bertz CT molecular complexity index is 373. The molecule has 1 aromatic carbocycles. The zero-order valence-corrected chi connectivity index (χ0v) is 9.30. The zero-order chi connectivity index (χ0) is 11.2. The van der Waals surface area contributed by atoms with Crippen molar-refractivity contribution < 1.29 is 4.74 Å². The Balaban J connectivity index is 1.96. The van der Waals surface area contributed by atoms with Gasteiger partial charge in [0.05, 0.1) is 6.54 Å². The number of hydrogen-bond acceptors (Lipinski definition) is 3. The molecule has 1 aromatic rings. The van der Waals surface area contributed by atoms with Gasteiger partial charge in [0, 0.05) is 13.1 Å². The maximum atomic E-state index is 5.73. The van der Waals surface area contributed by atoms with Crippen LogP contribution in [0.4, 0.5) is 0 Å². The largest absolute Gasteiger partial charge is 0.426 e. The first kappa shape index (κ1) is 10.7. The second kappa shape index (κ2) is 5.35. The van der Waals surface area contributed by atoms with Crippen LogP contribution in [0.5, 0.6) is 5.75 Å². The third kappa shape index (κ3) is 2.63. The summed E-state index contributed by atoms with van der Waals surface area (Å²) >= 11 is 0. The van der Waals surface area contributed by atoms with E-state index in [9.17, 15) is 0 Å². The number of benzene rings is 1. The molecule has 0 N–H and O–H groups in total. The maximum Gasteiger partial charge on any atom is 0.293 e. The normalized spacial score (nSPS) is 14.8. The highest BCUT2D eigenvalue weighted by molar-refractivity contribution is 5.77. The molecular formula is C13H16N2O. The molecule has 0 amide bonds. The average Bonchev–Trinajstić information content (AvgIpc) is 2.75. The Hall–Kier alpha value is -1.77. The molecule has 0 saturated carbocycles. The molecule has 0 radical (unpaired) electrons. The van der Waals surface area contributed by atoms with Gasteiger partial charge in [-0.1, -0.05) is 24.3 Å². The highest BCUT2D eigenvalue weighted by atomic mass is 16.5. The molecular weight excluding hydrogens is 200 g/mol. The van der Waals surface area contributed by atoms with Gasteiger partial charge in [-0.3, -0.25) is 0 Å². The van der Waals surface area contributed by atoms with E-state index in [-0.39, 0.29) is 0 Å². The first-order valence-electron chi connectivity index (χ1n) is 5.53. The van der Waals surface area contributed by atoms with Crippen LogP contribution >= 0.6 is 0 Å². The van der Waals surface area contributed by atoms with Crippen molar-refractivity contribution in [3.8, 4) is 5.75 Å². The Morgan fingerprint density at radius 2 is 2.19 bits per heavy atom. The van der Waals surface area contributed by atoms with Gasteiger partial charge in [-0.25, -0.2) is 4.99 Å². The lowest BCUT2D eigenvalue weighted by atomic mass is 10.3. The van der Waals surface area contributed by atoms with Crippen LogP contribution in [-0.4, -0.2) is 30.6 Å². The fourth-order valence-corrected chi connectivity index (χ4v) is 1.61. The molecule has 0 aromatic heterocycles. The molecule has 3 nitrogen and oxygen atoms in total. The number of aliphatic imine (C=N–C) groups is 1. The van der Waals surface area contributed by atoms with Crippen LogP contribution in [0.2, 0.25) is 0 Å². The molecule has 0 atom stereocenters. The lowest BCUT2D eigenvalue weighted by Gasteiger charge is -2.18. The second-order valence-electron chi connectivity index (χ2n) is 3.64. The fourth-order valence-electron chi connectivity index (χ4n) is 1.61. The number of para-hydroxylation sites is 1. The molecule has 0 bridgehead atoms. The van der Waals surface area contributed by atoms with E-state index in [4.69, 9.17) is 4.74 Å². The van der Waals surface area contributed by atoms with Crippen molar-refractivity contribution in [3.05, 3.63) is 43.0 Å². The van der Waals surface area contributed by atoms with E-state index in [1.165, 1.54) is 0 Å². The summed E-state index contributed by atoms with van der Waals surface area (Å²) in [6.07, 6.45) is 2.87. The molecule has 2 rings (SSSR count). The third-order valence-electron chi connectivity index (χ3n) is 2.44. The van der Waals surface area contributed by atoms with Crippen LogP contribution in [0.15, 0.2) is 48.0 Å². The van der Waals surface area contributed by atoms with Crippen molar-refractivity contribution in [2.45, 2.75) is 6.42 Å². The first-order chi connectivity index (χ1) is 7.90. The molecule has 1 heterocycles. The van der Waals surface area contributed by atoms with E-state index in [2.05, 4.69) is 16.5 Å². The molecule has 84 valence electrons. The van der Waals surface area contributed by atoms with Crippen molar-refractivity contribution >= 4 is 6.02 Å². The molecule has 0 unspecified atom stereocenters. The number of ether oxygens (including phenoxy) is 1. The van der Waals surface area contributed by atoms with Gasteiger partial charge in [0.15, 0.2) is 0 Å². The first-order valence-corrected chi connectivity index (χ1v) is 5.53. The summed E-state index contributed by atoms with van der Waals surface area (Å²) in [5, 5.41) is 0. The maximum absolute atomic E-state index is 5.73. The van der Waals surface area contributed by atoms with Crippen LogP contribution < -0.4 is 4.74 Å². The standard InChI is InChI=1S/C13H16N2O/c1-2-3-10-15-11-9-14-13(15)16-12-7-5-4-6-8-12/h2,4-8H,1,3,9-11H2. The minimum atomic E-state index is 0.730. The Kier molecular flexibility index (Phi) is 3.59. The molecule has 1 aliphatic rings. The smallest absolute Gasteiger partial charge is 0.293 e. The van der Waals surface area contributed by atoms with Crippen molar-refractivity contribution in [3.63, 3.8) is 0 Å². The highest BCUT2D eigenvalue weighted by Gasteiger charge is 2.17. The van der Waals surface area contributed by atoms with Crippen molar-refractivity contribution in [2.24, 2.45) is 4.99 Å². The summed E-state index contributed by atoms with van der Waals surface area (Å²) < 4.78 is 5.73. The molecule has 1 aliphatic heterocycles. The Morgan fingerprint density at radius 1 is 1.38 bits per heavy atom. The van der Waals surface area contributed by atoms with E-state index in [0.29, 0.717) is 0 Å². The van der Waals surface area contributed by atoms with Crippen LogP contribution in [-0.2, 0) is 0 Å². The van der Waals surface area contributed by atoms with Gasteiger partial charge in [0.2, 0.25) is 0 Å². The van der Waals surface area contributed by atoms with Crippen LogP contribution in [0.3, 0.4) is 0 Å². The predicted molar refractivity (Wildman–Crippen MR) is 65.8 cm³/mol. The highest BCUT2D eigenvalue weighted by Crippen LogP contribution is 2.12. The SMILES string of the molecule is C=CCCN1CCN=C1Oc1ccccc1. The monoisotopic (exact) mass is 216 g/mol. The Labute approximate surface area is 96.1 Å². The van der Waals surface area contributed by atoms with E-state index in [1.54, 1.807) is 0 Å². The van der Waals surface area contributed by atoms with Crippen LogP contribution in [0.1, 0.15) is 6.42 Å². The van der Waals surface area contributed by atoms with Crippen molar-refractivity contribution in [1.29, 1.82) is 0 Å². The van der Waals surface area contributed by atoms with Gasteiger partial charge in [-0.15, -0.1) is 6.58 Å². The third-order valence-corrected chi connectivity index (χ3v) is 2.44. The molecule has 3 heteroatoms. The topological polar surface area (TPSA) is 24.8 Å². The van der Waals surface area contributed by atoms with Gasteiger partial charge in [0.25, 0.3) is 6.02 Å². The number of hydrogen-bond donors (Lipinski definition) is 0. The van der Waals surface area contributed by atoms with Gasteiger partial charge in [-0.05, 0) is 18.6 Å². The van der Waals surface area contributed by atoms with Crippen molar-refractivity contribution in [1.82, 2.24) is 4.90 Å². The molecule has 0 spiro atoms. The fraction of sp³-hybridized carbons (Fsp3) is 0.308. The lowest BCUT2D eigenvalue weighted by molar-refractivity contribution is 0.377. The van der Waals surface area contributed by atoms with Gasteiger partial charge < -0.3 is 9.64 Å². The summed E-state index contributed by atoms with van der Waals surface area (Å²) in [4.78, 5) is 6.50. The molecule has 0 aliphatic carbocycles. The van der Waals surface area contributed by atoms with Gasteiger partial charge in [0.1, 0.15) is 5.75 Å². The number of nitrogens with zero attached hydrogens (tertiary/aromatic N) is 2. The van der Waals surface area contributed by atoms with E-state index >= 15 is 0 Å². The molecule has 0 fully saturated rings. The predicted octanol–water partition coefficient (Wildman–Crippen LogP) is 2.31. The minimum Gasteiger partial charge on any atom is -0.426 e. The number of rotatable bonds is 4. The lowest BCUT2D eigenvalue weighted by Crippen LogP contribution is -2.32. The summed E-state index contributed by atoms with van der Waals surface area (Å²) in [6.45, 7) is 6.41. The summed E-state index contributed by atoms with van der Waals surface area (Å²) in [6, 6.07) is 10.5. The average molecular weight is 216 g/mol. The Morgan fingerprint density at radius 3 is 2.94 bits per heavy atom. The van der Waals surface area contributed by atoms with E-state index in [0.717, 1.165) is 37.8 Å². The molecule has 16 heavy (non-hydrogen) atoms. The van der Waals surface area contributed by atoms with E-state index in [1.807, 2.05) is 36.4 Å². The molecule has 0 saturated heterocycles. The zero-order valence-electron chi connectivity index (χ0n) is 9.30. The summed E-state index contributed by atoms with van der Waals surface area (Å²) in [5.41, 5.74) is 0. The van der Waals surface area contributed by atoms with E-state index < -0.39 is 0 Å². The number of amidine groups is 1. The van der Waals surface area contributed by atoms with Crippen LogP contribution in [0, 0.1) is 0 Å². The second-order valence-corrected chi connectivity index (χ2v) is 3.64. The van der Waals surface area contributed by atoms with Crippen LogP contribution in [0.25, 0.3) is 0 Å². The van der Waals surface area contributed by atoms with Gasteiger partial charge >= 0.3 is 0 Å². The summed E-state index contributed by atoms with van der Waals surface area (Å²) in [5.74, 6) is 0.840. The van der Waals surface area contributed by atoms with Gasteiger partial charge in [-0.2, -0.15) is 0 Å². The minimum absolute atomic E-state index is 0.730.